The summed E-state index contributed by atoms with van der Waals surface area (Å²) in [4.78, 5) is 11.7. The number of ketones is 1. The van der Waals surface area contributed by atoms with Gasteiger partial charge in [0, 0.05) is 11.1 Å². The van der Waals surface area contributed by atoms with Gasteiger partial charge in [-0.2, -0.15) is 8.78 Å². The lowest BCUT2D eigenvalue weighted by molar-refractivity contribution is 0.00743. The molecule has 2 rings (SSSR count). The van der Waals surface area contributed by atoms with Crippen molar-refractivity contribution < 1.29 is 13.6 Å². The third-order valence-electron chi connectivity index (χ3n) is 2.46. The van der Waals surface area contributed by atoms with E-state index in [0.29, 0.717) is 0 Å². The number of rotatable bonds is 3. The van der Waals surface area contributed by atoms with Crippen LogP contribution in [0.1, 0.15) is 15.9 Å². The van der Waals surface area contributed by atoms with Crippen molar-refractivity contribution in [1.82, 2.24) is 0 Å². The molecule has 0 saturated heterocycles. The number of hydrogen-bond donors (Lipinski definition) is 0. The van der Waals surface area contributed by atoms with E-state index >= 15 is 0 Å². The Labute approximate surface area is 97.7 Å². The Hall–Kier alpha value is -2.03. The van der Waals surface area contributed by atoms with Gasteiger partial charge in [-0.05, 0) is 0 Å². The third kappa shape index (κ3) is 2.23. The number of carbonyl (C=O) groups is 1. The van der Waals surface area contributed by atoms with Gasteiger partial charge in [0.2, 0.25) is 5.78 Å². The summed E-state index contributed by atoms with van der Waals surface area (Å²) in [5.41, 5.74) is -0.268. The van der Waals surface area contributed by atoms with E-state index in [1.165, 1.54) is 36.4 Å². The predicted octanol–water partition coefficient (Wildman–Crippen LogP) is 3.66. The third-order valence-corrected chi connectivity index (χ3v) is 2.46. The van der Waals surface area contributed by atoms with Gasteiger partial charge in [-0.15, -0.1) is 0 Å². The number of carbonyl (C=O) groups excluding carboxylic acids is 1. The molecule has 0 spiro atoms. The molecule has 0 atom stereocenters. The van der Waals surface area contributed by atoms with Gasteiger partial charge >= 0.3 is 5.92 Å². The Morgan fingerprint density at radius 3 is 1.82 bits per heavy atom. The molecular weight excluding hydrogens is 222 g/mol. The van der Waals surface area contributed by atoms with Crippen molar-refractivity contribution in [1.29, 1.82) is 0 Å². The lowest BCUT2D eigenvalue weighted by Crippen LogP contribution is -2.25. The molecule has 0 N–H and O–H groups in total. The van der Waals surface area contributed by atoms with Crippen LogP contribution in [0.4, 0.5) is 8.78 Å². The van der Waals surface area contributed by atoms with E-state index in [-0.39, 0.29) is 11.1 Å². The van der Waals surface area contributed by atoms with Crippen LogP contribution < -0.4 is 0 Å². The van der Waals surface area contributed by atoms with E-state index in [0.717, 1.165) is 0 Å². The molecule has 0 heterocycles. The van der Waals surface area contributed by atoms with E-state index in [4.69, 9.17) is 0 Å². The van der Waals surface area contributed by atoms with Gasteiger partial charge in [0.15, 0.2) is 0 Å². The average molecular weight is 232 g/mol. The first-order valence-electron chi connectivity index (χ1n) is 5.15. The standard InChI is InChI=1S/C14H10F2O/c15-14(16,12-9-5-2-6-10-12)13(17)11-7-3-1-4-8-11/h1-10H. The highest BCUT2D eigenvalue weighted by Gasteiger charge is 2.40. The first-order chi connectivity index (χ1) is 8.12. The van der Waals surface area contributed by atoms with Gasteiger partial charge in [0.25, 0.3) is 0 Å². The van der Waals surface area contributed by atoms with Crippen molar-refractivity contribution in [2.45, 2.75) is 5.92 Å². The van der Waals surface area contributed by atoms with E-state index in [9.17, 15) is 13.6 Å². The van der Waals surface area contributed by atoms with Crippen molar-refractivity contribution in [3.63, 3.8) is 0 Å². The summed E-state index contributed by atoms with van der Waals surface area (Å²) in [5, 5.41) is 0. The smallest absolute Gasteiger partial charge is 0.287 e. The molecule has 0 unspecified atom stereocenters. The maximum absolute atomic E-state index is 13.9. The first kappa shape index (κ1) is 11.5. The van der Waals surface area contributed by atoms with Crippen LogP contribution in [0, 0.1) is 0 Å². The maximum atomic E-state index is 13.9. The van der Waals surface area contributed by atoms with Crippen molar-refractivity contribution >= 4 is 5.78 Å². The van der Waals surface area contributed by atoms with Gasteiger partial charge in [-0.1, -0.05) is 60.7 Å². The fourth-order valence-corrected chi connectivity index (χ4v) is 1.55. The molecule has 0 bridgehead atoms. The second kappa shape index (κ2) is 4.45. The molecule has 2 aromatic carbocycles. The fourth-order valence-electron chi connectivity index (χ4n) is 1.55. The molecule has 86 valence electrons. The molecule has 0 aliphatic heterocycles. The van der Waals surface area contributed by atoms with Crippen LogP contribution in [-0.4, -0.2) is 5.78 Å². The van der Waals surface area contributed by atoms with E-state index in [1.54, 1.807) is 24.3 Å². The zero-order chi connectivity index (χ0) is 12.3. The largest absolute Gasteiger partial charge is 0.334 e. The number of alkyl halides is 2. The van der Waals surface area contributed by atoms with Gasteiger partial charge in [0.1, 0.15) is 0 Å². The number of hydrogen-bond acceptors (Lipinski definition) is 1. The zero-order valence-electron chi connectivity index (χ0n) is 8.94. The highest BCUT2D eigenvalue weighted by Crippen LogP contribution is 2.31. The molecule has 2 aromatic rings. The molecule has 3 heteroatoms. The molecule has 0 amide bonds. The summed E-state index contributed by atoms with van der Waals surface area (Å²) < 4.78 is 27.8. The van der Waals surface area contributed by atoms with Crippen molar-refractivity contribution in [2.75, 3.05) is 0 Å². The van der Waals surface area contributed by atoms with Crippen LogP contribution in [0.3, 0.4) is 0 Å². The van der Waals surface area contributed by atoms with Crippen LogP contribution in [0.15, 0.2) is 60.7 Å². The van der Waals surface area contributed by atoms with Crippen molar-refractivity contribution in [2.24, 2.45) is 0 Å². The van der Waals surface area contributed by atoms with Crippen molar-refractivity contribution in [3.05, 3.63) is 71.8 Å². The molecule has 0 aliphatic carbocycles. The Morgan fingerprint density at radius 2 is 1.29 bits per heavy atom. The molecule has 17 heavy (non-hydrogen) atoms. The lowest BCUT2D eigenvalue weighted by atomic mass is 9.99. The van der Waals surface area contributed by atoms with Gasteiger partial charge in [0.05, 0.1) is 0 Å². The SMILES string of the molecule is O=C(c1ccccc1)C(F)(F)c1ccccc1. The molecule has 1 nitrogen and oxygen atoms in total. The molecule has 0 radical (unpaired) electrons. The monoisotopic (exact) mass is 232 g/mol. The van der Waals surface area contributed by atoms with Crippen LogP contribution in [0.2, 0.25) is 0 Å². The Kier molecular flexibility index (Phi) is 3.00. The van der Waals surface area contributed by atoms with Gasteiger partial charge in [-0.25, -0.2) is 0 Å². The maximum Gasteiger partial charge on any atom is 0.334 e. The summed E-state index contributed by atoms with van der Waals surface area (Å²) >= 11 is 0. The minimum atomic E-state index is -3.48. The van der Waals surface area contributed by atoms with Gasteiger partial charge in [-0.3, -0.25) is 4.79 Å². The minimum Gasteiger partial charge on any atom is -0.287 e. The average Bonchev–Trinajstić information content (AvgIpc) is 2.40. The molecule has 0 saturated carbocycles. The summed E-state index contributed by atoms with van der Waals surface area (Å²) in [6.07, 6.45) is 0. The topological polar surface area (TPSA) is 17.1 Å². The van der Waals surface area contributed by atoms with Crippen LogP contribution >= 0.6 is 0 Å². The molecule has 0 fully saturated rings. The second-order valence-electron chi connectivity index (χ2n) is 3.64. The number of halogens is 2. The minimum absolute atomic E-state index is 0.0151. The Balaban J connectivity index is 2.37. The summed E-state index contributed by atoms with van der Waals surface area (Å²) in [6.45, 7) is 0. The fraction of sp³-hybridized carbons (Fsp3) is 0.0714. The quantitative estimate of drug-likeness (QED) is 0.738. The van der Waals surface area contributed by atoms with Crippen molar-refractivity contribution in [3.8, 4) is 0 Å². The normalized spacial score (nSPS) is 11.2. The second-order valence-corrected chi connectivity index (χ2v) is 3.64. The molecular formula is C14H10F2O. The molecule has 0 aromatic heterocycles. The summed E-state index contributed by atoms with van der Waals surface area (Å²) in [5.74, 6) is -4.66. The highest BCUT2D eigenvalue weighted by atomic mass is 19.3. The Morgan fingerprint density at radius 1 is 0.824 bits per heavy atom. The predicted molar refractivity (Wildman–Crippen MR) is 61.1 cm³/mol. The highest BCUT2D eigenvalue weighted by molar-refractivity contribution is 6.01. The van der Waals surface area contributed by atoms with E-state index in [2.05, 4.69) is 0 Å². The number of Topliss-reactive ketones (excluding diaryl/α,β-unsaturated/α-hetero) is 1. The number of benzene rings is 2. The van der Waals surface area contributed by atoms with E-state index in [1.807, 2.05) is 0 Å². The lowest BCUT2D eigenvalue weighted by Gasteiger charge is -2.15. The first-order valence-corrected chi connectivity index (χ1v) is 5.15. The van der Waals surface area contributed by atoms with Gasteiger partial charge < -0.3 is 0 Å². The summed E-state index contributed by atoms with van der Waals surface area (Å²) in [6, 6.07) is 14.7. The molecule has 0 aliphatic rings. The van der Waals surface area contributed by atoms with Crippen LogP contribution in [0.25, 0.3) is 0 Å². The zero-order valence-corrected chi connectivity index (χ0v) is 8.94. The van der Waals surface area contributed by atoms with Crippen LogP contribution in [-0.2, 0) is 5.92 Å². The van der Waals surface area contributed by atoms with E-state index < -0.39 is 11.7 Å². The summed E-state index contributed by atoms with van der Waals surface area (Å²) in [7, 11) is 0. The van der Waals surface area contributed by atoms with Crippen LogP contribution in [0.5, 0.6) is 0 Å². The Bertz CT molecular complexity index is 506.